The molecule has 1 amide bonds. The molecule has 0 radical (unpaired) electrons. The van der Waals surface area contributed by atoms with Crippen molar-refractivity contribution in [2.75, 3.05) is 13.1 Å². The predicted molar refractivity (Wildman–Crippen MR) is 120 cm³/mol. The highest BCUT2D eigenvalue weighted by molar-refractivity contribution is 7.89. The number of likely N-dealkylation sites (tertiary alicyclic amines) is 1. The lowest BCUT2D eigenvalue weighted by Crippen LogP contribution is -2.50. The van der Waals surface area contributed by atoms with E-state index < -0.39 is 16.1 Å². The average Bonchev–Trinajstić information content (AvgIpc) is 2.72. The van der Waals surface area contributed by atoms with Crippen LogP contribution in [0, 0.1) is 12.8 Å². The van der Waals surface area contributed by atoms with Gasteiger partial charge in [0.2, 0.25) is 15.9 Å². The van der Waals surface area contributed by atoms with Gasteiger partial charge in [0.25, 0.3) is 0 Å². The van der Waals surface area contributed by atoms with Gasteiger partial charge in [-0.25, -0.2) is 8.42 Å². The van der Waals surface area contributed by atoms with E-state index >= 15 is 0 Å². The Morgan fingerprint density at radius 1 is 1.13 bits per heavy atom. The van der Waals surface area contributed by atoms with Gasteiger partial charge in [-0.3, -0.25) is 4.79 Å². The minimum atomic E-state index is -3.83. The fourth-order valence-corrected chi connectivity index (χ4v) is 5.49. The molecule has 1 heterocycles. The molecule has 0 saturated carbocycles. The Morgan fingerprint density at radius 2 is 1.77 bits per heavy atom. The van der Waals surface area contributed by atoms with Crippen LogP contribution in [0.1, 0.15) is 37.3 Å². The molecule has 1 aliphatic heterocycles. The third kappa shape index (κ3) is 5.62. The molecule has 5 nitrogen and oxygen atoms in total. The second-order valence-corrected chi connectivity index (χ2v) is 10.2. The van der Waals surface area contributed by atoms with Crippen LogP contribution in [0.4, 0.5) is 0 Å². The van der Waals surface area contributed by atoms with E-state index in [1.807, 2.05) is 18.2 Å². The quantitative estimate of drug-likeness (QED) is 0.690. The fourth-order valence-electron chi connectivity index (χ4n) is 3.79. The van der Waals surface area contributed by atoms with Gasteiger partial charge in [-0.2, -0.15) is 4.72 Å². The second-order valence-electron chi connectivity index (χ2n) is 8.08. The molecule has 1 atom stereocenters. The van der Waals surface area contributed by atoms with Gasteiger partial charge < -0.3 is 4.90 Å². The number of hydrogen-bond acceptors (Lipinski definition) is 3. The summed E-state index contributed by atoms with van der Waals surface area (Å²) in [5.41, 5.74) is 1.55. The van der Waals surface area contributed by atoms with Gasteiger partial charge in [0.1, 0.15) is 6.04 Å². The van der Waals surface area contributed by atoms with Gasteiger partial charge in [0.05, 0.1) is 4.90 Å². The largest absolute Gasteiger partial charge is 0.341 e. The summed E-state index contributed by atoms with van der Waals surface area (Å²) in [6, 6.07) is 13.4. The lowest BCUT2D eigenvalue weighted by Gasteiger charge is -2.33. The molecule has 1 N–H and O–H groups in total. The van der Waals surface area contributed by atoms with Crippen LogP contribution in [0.5, 0.6) is 0 Å². The third-order valence-corrected chi connectivity index (χ3v) is 7.73. The van der Waals surface area contributed by atoms with Gasteiger partial charge in [-0.1, -0.05) is 54.9 Å². The third-order valence-electron chi connectivity index (χ3n) is 5.73. The maximum atomic E-state index is 13.3. The second kappa shape index (κ2) is 9.94. The molecular formula is C23H29ClN2O3S. The van der Waals surface area contributed by atoms with Crippen LogP contribution < -0.4 is 4.72 Å². The van der Waals surface area contributed by atoms with E-state index in [2.05, 4.69) is 11.6 Å². The zero-order chi connectivity index (χ0) is 21.7. The highest BCUT2D eigenvalue weighted by Crippen LogP contribution is 2.22. The number of nitrogens with one attached hydrogen (secondary N) is 1. The summed E-state index contributed by atoms with van der Waals surface area (Å²) < 4.78 is 28.8. The molecule has 1 fully saturated rings. The summed E-state index contributed by atoms with van der Waals surface area (Å²) in [7, 11) is -3.83. The summed E-state index contributed by atoms with van der Waals surface area (Å²) in [4.78, 5) is 15.3. The van der Waals surface area contributed by atoms with Crippen LogP contribution in [-0.2, 0) is 21.2 Å². The number of amides is 1. The Morgan fingerprint density at radius 3 is 2.43 bits per heavy atom. The Bertz CT molecular complexity index is 985. The summed E-state index contributed by atoms with van der Waals surface area (Å²) >= 11 is 6.27. The van der Waals surface area contributed by atoms with Crippen molar-refractivity contribution in [3.05, 3.63) is 64.7 Å². The number of halogens is 1. The normalized spacial score (nSPS) is 16.4. The number of rotatable bonds is 7. The zero-order valence-corrected chi connectivity index (χ0v) is 19.0. The monoisotopic (exact) mass is 448 g/mol. The lowest BCUT2D eigenvalue weighted by atomic mass is 9.98. The van der Waals surface area contributed by atoms with Crippen LogP contribution in [0.2, 0.25) is 5.02 Å². The minimum Gasteiger partial charge on any atom is -0.341 e. The number of carbonyl (C=O) groups excluding carboxylic acids is 1. The highest BCUT2D eigenvalue weighted by atomic mass is 35.5. The van der Waals surface area contributed by atoms with Gasteiger partial charge in [-0.05, 0) is 61.8 Å². The van der Waals surface area contributed by atoms with Gasteiger partial charge in [-0.15, -0.1) is 0 Å². The number of carbonyl (C=O) groups is 1. The molecule has 30 heavy (non-hydrogen) atoms. The van der Waals surface area contributed by atoms with E-state index in [1.54, 1.807) is 42.2 Å². The van der Waals surface area contributed by atoms with Crippen molar-refractivity contribution in [1.29, 1.82) is 0 Å². The van der Waals surface area contributed by atoms with Crippen molar-refractivity contribution in [1.82, 2.24) is 9.62 Å². The van der Waals surface area contributed by atoms with Crippen molar-refractivity contribution >= 4 is 27.5 Å². The summed E-state index contributed by atoms with van der Waals surface area (Å²) in [5, 5.41) is 0.622. The van der Waals surface area contributed by atoms with Crippen molar-refractivity contribution in [2.24, 2.45) is 5.92 Å². The number of sulfonamides is 1. The molecule has 0 aromatic heterocycles. The highest BCUT2D eigenvalue weighted by Gasteiger charge is 2.31. The summed E-state index contributed by atoms with van der Waals surface area (Å²) in [5.74, 6) is 0.422. The molecule has 7 heteroatoms. The first-order valence-corrected chi connectivity index (χ1v) is 12.2. The van der Waals surface area contributed by atoms with Crippen molar-refractivity contribution in [2.45, 2.75) is 50.5 Å². The number of hydrogen-bond donors (Lipinski definition) is 1. The molecule has 1 saturated heterocycles. The Hall–Kier alpha value is -1.89. The zero-order valence-electron chi connectivity index (χ0n) is 17.5. The molecule has 0 bridgehead atoms. The Balaban J connectivity index is 1.82. The fraction of sp³-hybridized carbons (Fsp3) is 0.435. The molecule has 3 rings (SSSR count). The molecule has 1 aliphatic rings. The maximum absolute atomic E-state index is 13.3. The van der Waals surface area contributed by atoms with E-state index in [9.17, 15) is 13.2 Å². The topological polar surface area (TPSA) is 66.5 Å². The van der Waals surface area contributed by atoms with Crippen molar-refractivity contribution < 1.29 is 13.2 Å². The standard InChI is InChI=1S/C23H29ClN2O3S/c1-17-13-15-26(16-14-17)23(27)21(12-11-19-8-4-5-9-20(19)24)25-30(28,29)22-10-6-3-7-18(22)2/h3-10,17,21,25H,11-16H2,1-2H3. The van der Waals surface area contributed by atoms with Gasteiger partial charge >= 0.3 is 0 Å². The van der Waals surface area contributed by atoms with Crippen LogP contribution in [0.15, 0.2) is 53.4 Å². The minimum absolute atomic E-state index is 0.161. The van der Waals surface area contributed by atoms with Crippen LogP contribution in [0.25, 0.3) is 0 Å². The van der Waals surface area contributed by atoms with Crippen LogP contribution in [-0.4, -0.2) is 38.4 Å². The van der Waals surface area contributed by atoms with Crippen LogP contribution >= 0.6 is 11.6 Å². The van der Waals surface area contributed by atoms with Crippen molar-refractivity contribution in [3.8, 4) is 0 Å². The average molecular weight is 449 g/mol. The first kappa shape index (κ1) is 22.8. The molecule has 1 unspecified atom stereocenters. The molecule has 2 aromatic rings. The molecular weight excluding hydrogens is 420 g/mol. The molecule has 0 spiro atoms. The van der Waals surface area contributed by atoms with E-state index in [0.717, 1.165) is 18.4 Å². The van der Waals surface area contributed by atoms with E-state index in [1.165, 1.54) is 0 Å². The first-order chi connectivity index (χ1) is 14.3. The molecule has 2 aromatic carbocycles. The SMILES string of the molecule is Cc1ccccc1S(=O)(=O)NC(CCc1ccccc1Cl)C(=O)N1CCC(C)CC1. The smallest absolute Gasteiger partial charge is 0.241 e. The van der Waals surface area contributed by atoms with E-state index in [-0.39, 0.29) is 10.8 Å². The number of aryl methyl sites for hydroxylation is 2. The number of benzene rings is 2. The summed E-state index contributed by atoms with van der Waals surface area (Å²) in [6.07, 6.45) is 2.73. The van der Waals surface area contributed by atoms with Gasteiger partial charge in [0, 0.05) is 18.1 Å². The number of nitrogens with zero attached hydrogens (tertiary/aromatic N) is 1. The first-order valence-electron chi connectivity index (χ1n) is 10.4. The lowest BCUT2D eigenvalue weighted by molar-refractivity contribution is -0.134. The Kier molecular flexibility index (Phi) is 7.55. The van der Waals surface area contributed by atoms with Gasteiger partial charge in [0.15, 0.2) is 0 Å². The number of piperidine rings is 1. The van der Waals surface area contributed by atoms with E-state index in [0.29, 0.717) is 42.4 Å². The van der Waals surface area contributed by atoms with Crippen molar-refractivity contribution in [3.63, 3.8) is 0 Å². The van der Waals surface area contributed by atoms with E-state index in [4.69, 9.17) is 11.6 Å². The van der Waals surface area contributed by atoms with Crippen LogP contribution in [0.3, 0.4) is 0 Å². The Labute approximate surface area is 184 Å². The molecule has 0 aliphatic carbocycles. The summed E-state index contributed by atoms with van der Waals surface area (Å²) in [6.45, 7) is 5.25. The maximum Gasteiger partial charge on any atom is 0.241 e. The molecule has 162 valence electrons. The predicted octanol–water partition coefficient (Wildman–Crippen LogP) is 4.19.